The molecule has 0 saturated heterocycles. The van der Waals surface area contributed by atoms with E-state index in [9.17, 15) is 0 Å². The predicted octanol–water partition coefficient (Wildman–Crippen LogP) is 3.61. The molecule has 0 radical (unpaired) electrons. The van der Waals surface area contributed by atoms with Crippen LogP contribution in [0.5, 0.6) is 0 Å². The number of aromatic nitrogens is 2. The van der Waals surface area contributed by atoms with E-state index in [0.717, 1.165) is 42.3 Å². The summed E-state index contributed by atoms with van der Waals surface area (Å²) in [5.74, 6) is 0. The van der Waals surface area contributed by atoms with Crippen LogP contribution >= 0.6 is 11.6 Å². The minimum absolute atomic E-state index is 0.0181. The van der Waals surface area contributed by atoms with Crippen molar-refractivity contribution >= 4 is 11.6 Å². The smallest absolute Gasteiger partial charge is 0.0850 e. The molecular formula is C16H26ClN3. The van der Waals surface area contributed by atoms with E-state index in [-0.39, 0.29) is 5.41 Å². The Morgan fingerprint density at radius 2 is 2.20 bits per heavy atom. The van der Waals surface area contributed by atoms with Crippen molar-refractivity contribution in [1.82, 2.24) is 15.1 Å². The van der Waals surface area contributed by atoms with Gasteiger partial charge in [-0.2, -0.15) is 5.10 Å². The highest BCUT2D eigenvalue weighted by molar-refractivity contribution is 6.31. The van der Waals surface area contributed by atoms with Crippen LogP contribution in [0.2, 0.25) is 5.02 Å². The van der Waals surface area contributed by atoms with Gasteiger partial charge in [-0.25, -0.2) is 0 Å². The van der Waals surface area contributed by atoms with Crippen molar-refractivity contribution in [3.63, 3.8) is 0 Å². The standard InChI is InChI=1S/C16H26ClN3/c1-5-13-15(17)14(20(7-3)19-13)10-16(4,6-2)11-18-12-8-9-12/h6,12,18H,2,5,7-11H2,1,3-4H3. The van der Waals surface area contributed by atoms with Gasteiger partial charge < -0.3 is 5.32 Å². The van der Waals surface area contributed by atoms with Crippen LogP contribution in [0, 0.1) is 5.41 Å². The monoisotopic (exact) mass is 295 g/mol. The first-order valence-electron chi connectivity index (χ1n) is 7.64. The second kappa shape index (κ2) is 6.31. The first-order chi connectivity index (χ1) is 9.53. The average Bonchev–Trinajstić information content (AvgIpc) is 3.24. The molecule has 1 heterocycles. The molecule has 1 saturated carbocycles. The molecule has 0 aromatic carbocycles. The first kappa shape index (κ1) is 15.6. The van der Waals surface area contributed by atoms with Gasteiger partial charge in [0, 0.05) is 31.0 Å². The van der Waals surface area contributed by atoms with Gasteiger partial charge in [0.25, 0.3) is 0 Å². The zero-order chi connectivity index (χ0) is 14.8. The Kier molecular flexibility index (Phi) is 4.92. The number of rotatable bonds is 8. The molecule has 1 aromatic rings. The Morgan fingerprint density at radius 3 is 2.70 bits per heavy atom. The van der Waals surface area contributed by atoms with Gasteiger partial charge in [-0.05, 0) is 26.2 Å². The lowest BCUT2D eigenvalue weighted by Crippen LogP contribution is -2.34. The van der Waals surface area contributed by atoms with Crippen molar-refractivity contribution in [2.75, 3.05) is 6.54 Å². The highest BCUT2D eigenvalue weighted by atomic mass is 35.5. The summed E-state index contributed by atoms with van der Waals surface area (Å²) in [5.41, 5.74) is 2.17. The molecule has 1 aromatic heterocycles. The highest BCUT2D eigenvalue weighted by Crippen LogP contribution is 2.31. The quantitative estimate of drug-likeness (QED) is 0.743. The van der Waals surface area contributed by atoms with Gasteiger partial charge in [-0.15, -0.1) is 6.58 Å². The first-order valence-corrected chi connectivity index (χ1v) is 8.01. The SMILES string of the molecule is C=CC(C)(CNC1CC1)Cc1c(Cl)c(CC)nn1CC. The van der Waals surface area contributed by atoms with Crippen molar-refractivity contribution in [3.05, 3.63) is 29.1 Å². The van der Waals surface area contributed by atoms with Gasteiger partial charge in [0.15, 0.2) is 0 Å². The minimum atomic E-state index is 0.0181. The minimum Gasteiger partial charge on any atom is -0.313 e. The summed E-state index contributed by atoms with van der Waals surface area (Å²) in [6.07, 6.45) is 6.43. The molecule has 1 atom stereocenters. The summed E-state index contributed by atoms with van der Waals surface area (Å²) >= 11 is 6.51. The molecule has 1 N–H and O–H groups in total. The lowest BCUT2D eigenvalue weighted by atomic mass is 9.85. The molecule has 2 rings (SSSR count). The van der Waals surface area contributed by atoms with E-state index >= 15 is 0 Å². The van der Waals surface area contributed by atoms with Crippen molar-refractivity contribution in [1.29, 1.82) is 0 Å². The van der Waals surface area contributed by atoms with Crippen molar-refractivity contribution < 1.29 is 0 Å². The second-order valence-corrected chi connectivity index (χ2v) is 6.44. The molecule has 1 fully saturated rings. The van der Waals surface area contributed by atoms with E-state index in [1.54, 1.807) is 0 Å². The Labute approximate surface area is 127 Å². The maximum absolute atomic E-state index is 6.51. The fourth-order valence-electron chi connectivity index (χ4n) is 2.44. The molecule has 0 spiro atoms. The Hall–Kier alpha value is -0.800. The van der Waals surface area contributed by atoms with Crippen LogP contribution < -0.4 is 5.32 Å². The van der Waals surface area contributed by atoms with Gasteiger partial charge in [-0.1, -0.05) is 31.5 Å². The number of hydrogen-bond acceptors (Lipinski definition) is 2. The number of nitrogens with zero attached hydrogens (tertiary/aromatic N) is 2. The van der Waals surface area contributed by atoms with Crippen molar-refractivity contribution in [2.45, 2.75) is 59.0 Å². The number of halogens is 1. The van der Waals surface area contributed by atoms with Gasteiger partial charge >= 0.3 is 0 Å². The van der Waals surface area contributed by atoms with Crippen LogP contribution in [0.4, 0.5) is 0 Å². The van der Waals surface area contributed by atoms with Crippen LogP contribution in [-0.2, 0) is 19.4 Å². The van der Waals surface area contributed by atoms with Gasteiger partial charge in [0.2, 0.25) is 0 Å². The van der Waals surface area contributed by atoms with Crippen molar-refractivity contribution in [2.24, 2.45) is 5.41 Å². The largest absolute Gasteiger partial charge is 0.313 e. The van der Waals surface area contributed by atoms with Crippen LogP contribution in [0.3, 0.4) is 0 Å². The maximum atomic E-state index is 6.51. The summed E-state index contributed by atoms with van der Waals surface area (Å²) in [6.45, 7) is 12.3. The Balaban J connectivity index is 2.16. The lowest BCUT2D eigenvalue weighted by molar-refractivity contribution is 0.376. The molecular weight excluding hydrogens is 270 g/mol. The molecule has 0 aliphatic heterocycles. The van der Waals surface area contributed by atoms with Crippen molar-refractivity contribution in [3.8, 4) is 0 Å². The molecule has 4 heteroatoms. The van der Waals surface area contributed by atoms with Gasteiger partial charge in [0.05, 0.1) is 16.4 Å². The Bertz CT molecular complexity index is 476. The molecule has 0 bridgehead atoms. The molecule has 20 heavy (non-hydrogen) atoms. The lowest BCUT2D eigenvalue weighted by Gasteiger charge is -2.26. The maximum Gasteiger partial charge on any atom is 0.0850 e. The van der Waals surface area contributed by atoms with Crippen LogP contribution in [0.1, 0.15) is 45.0 Å². The van der Waals surface area contributed by atoms with Gasteiger partial charge in [0.1, 0.15) is 0 Å². The van der Waals surface area contributed by atoms with E-state index in [1.165, 1.54) is 12.8 Å². The molecule has 1 unspecified atom stereocenters. The summed E-state index contributed by atoms with van der Waals surface area (Å²) in [7, 11) is 0. The summed E-state index contributed by atoms with van der Waals surface area (Å²) in [6, 6.07) is 0.715. The highest BCUT2D eigenvalue weighted by Gasteiger charge is 2.29. The van der Waals surface area contributed by atoms with Crippen LogP contribution in [0.15, 0.2) is 12.7 Å². The molecule has 0 amide bonds. The summed E-state index contributed by atoms with van der Waals surface area (Å²) in [4.78, 5) is 0. The van der Waals surface area contributed by atoms with E-state index in [4.69, 9.17) is 11.6 Å². The average molecular weight is 296 g/mol. The fraction of sp³-hybridized carbons (Fsp3) is 0.688. The number of nitrogens with one attached hydrogen (secondary N) is 1. The van der Waals surface area contributed by atoms with Gasteiger partial charge in [-0.3, -0.25) is 4.68 Å². The number of hydrogen-bond donors (Lipinski definition) is 1. The Morgan fingerprint density at radius 1 is 1.50 bits per heavy atom. The third-order valence-corrected chi connectivity index (χ3v) is 4.57. The normalized spacial score (nSPS) is 18.0. The predicted molar refractivity (Wildman–Crippen MR) is 85.3 cm³/mol. The van der Waals surface area contributed by atoms with E-state index in [1.807, 2.05) is 4.68 Å². The third-order valence-electron chi connectivity index (χ3n) is 4.13. The van der Waals surface area contributed by atoms with Crippen LogP contribution in [0.25, 0.3) is 0 Å². The second-order valence-electron chi connectivity index (χ2n) is 6.07. The zero-order valence-corrected chi connectivity index (χ0v) is 13.6. The van der Waals surface area contributed by atoms with E-state index in [0.29, 0.717) is 6.04 Å². The fourth-order valence-corrected chi connectivity index (χ4v) is 2.78. The molecule has 112 valence electrons. The topological polar surface area (TPSA) is 29.9 Å². The van der Waals surface area contributed by atoms with E-state index in [2.05, 4.69) is 43.8 Å². The zero-order valence-electron chi connectivity index (χ0n) is 12.9. The molecule has 3 nitrogen and oxygen atoms in total. The number of aryl methyl sites for hydroxylation is 2. The third kappa shape index (κ3) is 3.44. The molecule has 1 aliphatic carbocycles. The summed E-state index contributed by atoms with van der Waals surface area (Å²) < 4.78 is 2.04. The summed E-state index contributed by atoms with van der Waals surface area (Å²) in [5, 5.41) is 9.05. The van der Waals surface area contributed by atoms with Crippen LogP contribution in [-0.4, -0.2) is 22.4 Å². The molecule has 1 aliphatic rings. The van der Waals surface area contributed by atoms with E-state index < -0.39 is 0 Å².